The van der Waals surface area contributed by atoms with Crippen LogP contribution in [0.3, 0.4) is 0 Å². The van der Waals surface area contributed by atoms with Crippen molar-refractivity contribution in [2.45, 2.75) is 13.3 Å². The van der Waals surface area contributed by atoms with Gasteiger partial charge in [-0.05, 0) is 31.2 Å². The van der Waals surface area contributed by atoms with Gasteiger partial charge in [0.15, 0.2) is 11.5 Å². The summed E-state index contributed by atoms with van der Waals surface area (Å²) >= 11 is 0. The first kappa shape index (κ1) is 21.3. The van der Waals surface area contributed by atoms with Crippen LogP contribution in [-0.2, 0) is 9.53 Å². The molecule has 0 saturated carbocycles. The van der Waals surface area contributed by atoms with Crippen molar-refractivity contribution in [2.24, 2.45) is 0 Å². The minimum Gasteiger partial charge on any atom is -0.493 e. The molecule has 0 spiro atoms. The Morgan fingerprint density at radius 2 is 1.73 bits per heavy atom. The lowest BCUT2D eigenvalue weighted by Crippen LogP contribution is -2.32. The number of ether oxygens (including phenoxy) is 3. The maximum Gasteiger partial charge on any atom is 0.261 e. The smallest absolute Gasteiger partial charge is 0.261 e. The maximum atomic E-state index is 12.5. The summed E-state index contributed by atoms with van der Waals surface area (Å²) in [5.74, 6) is -0.0601. The summed E-state index contributed by atoms with van der Waals surface area (Å²) in [7, 11) is 3.10. The van der Waals surface area contributed by atoms with E-state index in [-0.39, 0.29) is 30.7 Å². The van der Waals surface area contributed by atoms with Gasteiger partial charge in [-0.3, -0.25) is 19.3 Å². The molecule has 8 nitrogen and oxygen atoms in total. The zero-order valence-corrected chi connectivity index (χ0v) is 17.2. The monoisotopic (exact) mass is 412 g/mol. The average molecular weight is 412 g/mol. The van der Waals surface area contributed by atoms with Gasteiger partial charge in [0, 0.05) is 31.8 Å². The normalized spacial score (nSPS) is 12.7. The maximum absolute atomic E-state index is 12.5. The largest absolute Gasteiger partial charge is 0.493 e. The van der Waals surface area contributed by atoms with Gasteiger partial charge in [-0.2, -0.15) is 0 Å². The lowest BCUT2D eigenvalue weighted by Gasteiger charge is -2.15. The number of carbonyl (C=O) groups excluding carboxylic acids is 3. The molecule has 1 aliphatic rings. The average Bonchev–Trinajstić information content (AvgIpc) is 2.96. The SMILES string of the molecule is COCCOc1cc(NC(=O)CCN2C(=O)c3ccc(C)cc3C2=O)ccc1OC. The van der Waals surface area contributed by atoms with E-state index in [1.165, 1.54) is 7.11 Å². The molecule has 3 amide bonds. The predicted octanol–water partition coefficient (Wildman–Crippen LogP) is 2.65. The van der Waals surface area contributed by atoms with Crippen molar-refractivity contribution in [3.05, 3.63) is 53.1 Å². The van der Waals surface area contributed by atoms with Crippen LogP contribution in [0.15, 0.2) is 36.4 Å². The molecule has 3 rings (SSSR count). The molecule has 2 aromatic carbocycles. The Balaban J connectivity index is 1.60. The van der Waals surface area contributed by atoms with E-state index in [1.807, 2.05) is 6.92 Å². The van der Waals surface area contributed by atoms with Crippen LogP contribution in [-0.4, -0.2) is 56.6 Å². The Labute approximate surface area is 174 Å². The summed E-state index contributed by atoms with van der Waals surface area (Å²) in [6, 6.07) is 10.1. The topological polar surface area (TPSA) is 94.2 Å². The number of imide groups is 1. The molecule has 0 fully saturated rings. The summed E-state index contributed by atoms with van der Waals surface area (Å²) in [4.78, 5) is 38.5. The van der Waals surface area contributed by atoms with Crippen LogP contribution in [0, 0.1) is 6.92 Å². The van der Waals surface area contributed by atoms with Gasteiger partial charge in [-0.15, -0.1) is 0 Å². The van der Waals surface area contributed by atoms with Crippen molar-refractivity contribution in [3.63, 3.8) is 0 Å². The third kappa shape index (κ3) is 4.60. The number of rotatable bonds is 9. The second-order valence-corrected chi connectivity index (χ2v) is 6.82. The Hall–Kier alpha value is -3.39. The van der Waals surface area contributed by atoms with Crippen LogP contribution in [0.2, 0.25) is 0 Å². The van der Waals surface area contributed by atoms with Crippen LogP contribution in [0.4, 0.5) is 5.69 Å². The van der Waals surface area contributed by atoms with Gasteiger partial charge in [0.05, 0.1) is 24.8 Å². The molecule has 0 bridgehead atoms. The lowest BCUT2D eigenvalue weighted by atomic mass is 10.1. The summed E-state index contributed by atoms with van der Waals surface area (Å²) in [6.45, 7) is 2.61. The van der Waals surface area contributed by atoms with E-state index >= 15 is 0 Å². The Morgan fingerprint density at radius 1 is 0.967 bits per heavy atom. The molecule has 158 valence electrons. The number of nitrogens with one attached hydrogen (secondary N) is 1. The van der Waals surface area contributed by atoms with Crippen molar-refractivity contribution in [1.82, 2.24) is 4.90 Å². The highest BCUT2D eigenvalue weighted by Gasteiger charge is 2.35. The van der Waals surface area contributed by atoms with E-state index in [1.54, 1.807) is 43.5 Å². The summed E-state index contributed by atoms with van der Waals surface area (Å²) < 4.78 is 15.8. The molecular formula is C22H24N2O6. The van der Waals surface area contributed by atoms with E-state index in [9.17, 15) is 14.4 Å². The van der Waals surface area contributed by atoms with E-state index in [4.69, 9.17) is 14.2 Å². The van der Waals surface area contributed by atoms with Crippen molar-refractivity contribution >= 4 is 23.4 Å². The zero-order valence-electron chi connectivity index (χ0n) is 17.2. The Morgan fingerprint density at radius 3 is 2.47 bits per heavy atom. The van der Waals surface area contributed by atoms with Crippen LogP contribution < -0.4 is 14.8 Å². The molecule has 0 saturated heterocycles. The zero-order chi connectivity index (χ0) is 21.7. The molecule has 0 aliphatic carbocycles. The predicted molar refractivity (Wildman–Crippen MR) is 110 cm³/mol. The molecular weight excluding hydrogens is 388 g/mol. The standard InChI is InChI=1S/C22H24N2O6/c1-14-4-6-16-17(12-14)22(27)24(21(16)26)9-8-20(25)23-15-5-7-18(29-3)19(13-15)30-11-10-28-2/h4-7,12-13H,8-11H2,1-3H3,(H,23,25). The van der Waals surface area contributed by atoms with E-state index in [0.29, 0.717) is 41.5 Å². The van der Waals surface area contributed by atoms with Crippen molar-refractivity contribution in [3.8, 4) is 11.5 Å². The molecule has 2 aromatic rings. The molecule has 1 aliphatic heterocycles. The third-order valence-corrected chi connectivity index (χ3v) is 4.68. The Bertz CT molecular complexity index is 972. The first-order valence-corrected chi connectivity index (χ1v) is 9.51. The second-order valence-electron chi connectivity index (χ2n) is 6.82. The number of aryl methyl sites for hydroxylation is 1. The summed E-state index contributed by atoms with van der Waals surface area (Å²) in [5.41, 5.74) is 2.18. The number of anilines is 1. The van der Waals surface area contributed by atoms with E-state index < -0.39 is 0 Å². The molecule has 8 heteroatoms. The first-order valence-electron chi connectivity index (χ1n) is 9.51. The van der Waals surface area contributed by atoms with Crippen LogP contribution in [0.25, 0.3) is 0 Å². The van der Waals surface area contributed by atoms with Crippen LogP contribution >= 0.6 is 0 Å². The highest BCUT2D eigenvalue weighted by Crippen LogP contribution is 2.30. The van der Waals surface area contributed by atoms with Crippen molar-refractivity contribution < 1.29 is 28.6 Å². The fraction of sp³-hybridized carbons (Fsp3) is 0.318. The molecule has 30 heavy (non-hydrogen) atoms. The van der Waals surface area contributed by atoms with Gasteiger partial charge in [-0.25, -0.2) is 0 Å². The minimum atomic E-state index is -0.374. The van der Waals surface area contributed by atoms with Gasteiger partial charge < -0.3 is 19.5 Å². The third-order valence-electron chi connectivity index (χ3n) is 4.68. The number of hydrogen-bond acceptors (Lipinski definition) is 6. The highest BCUT2D eigenvalue weighted by molar-refractivity contribution is 6.21. The lowest BCUT2D eigenvalue weighted by molar-refractivity contribution is -0.116. The molecule has 0 aromatic heterocycles. The van der Waals surface area contributed by atoms with Gasteiger partial charge in [0.2, 0.25) is 5.91 Å². The minimum absolute atomic E-state index is 0.00454. The number of fused-ring (bicyclic) bond motifs is 1. The van der Waals surface area contributed by atoms with Crippen molar-refractivity contribution in [2.75, 3.05) is 39.3 Å². The fourth-order valence-electron chi connectivity index (χ4n) is 3.15. The molecule has 1 N–H and O–H groups in total. The second kappa shape index (κ2) is 9.41. The molecule has 1 heterocycles. The molecule has 0 radical (unpaired) electrons. The molecule has 0 unspecified atom stereocenters. The summed E-state index contributed by atoms with van der Waals surface area (Å²) in [6.07, 6.45) is -0.0175. The van der Waals surface area contributed by atoms with Crippen LogP contribution in [0.1, 0.15) is 32.7 Å². The number of amides is 3. The first-order chi connectivity index (χ1) is 14.4. The number of methoxy groups -OCH3 is 2. The fourth-order valence-corrected chi connectivity index (χ4v) is 3.15. The van der Waals surface area contributed by atoms with Crippen LogP contribution in [0.5, 0.6) is 11.5 Å². The van der Waals surface area contributed by atoms with E-state index in [0.717, 1.165) is 10.5 Å². The van der Waals surface area contributed by atoms with Crippen molar-refractivity contribution in [1.29, 1.82) is 0 Å². The number of nitrogens with zero attached hydrogens (tertiary/aromatic N) is 1. The number of benzene rings is 2. The highest BCUT2D eigenvalue weighted by atomic mass is 16.5. The quantitative estimate of drug-likeness (QED) is 0.503. The number of carbonyl (C=O) groups is 3. The van der Waals surface area contributed by atoms with Gasteiger partial charge in [0.1, 0.15) is 6.61 Å². The van der Waals surface area contributed by atoms with Gasteiger partial charge >= 0.3 is 0 Å². The van der Waals surface area contributed by atoms with E-state index in [2.05, 4.69) is 5.32 Å². The Kier molecular flexibility index (Phi) is 6.68. The number of hydrogen-bond donors (Lipinski definition) is 1. The van der Waals surface area contributed by atoms with Gasteiger partial charge in [0.25, 0.3) is 11.8 Å². The summed E-state index contributed by atoms with van der Waals surface area (Å²) in [5, 5.41) is 2.75. The van der Waals surface area contributed by atoms with Gasteiger partial charge in [-0.1, -0.05) is 11.6 Å². The molecule has 0 atom stereocenters.